The maximum Gasteiger partial charge on any atom is 0.309 e. The Morgan fingerprint density at radius 2 is 1.80 bits per heavy atom. The molecule has 1 aromatic carbocycles. The lowest BCUT2D eigenvalue weighted by Gasteiger charge is -2.17. The van der Waals surface area contributed by atoms with Gasteiger partial charge in [0.25, 0.3) is 0 Å². The molecule has 0 aromatic heterocycles. The van der Waals surface area contributed by atoms with E-state index in [4.69, 9.17) is 0 Å². The third-order valence-corrected chi connectivity index (χ3v) is 3.52. The SMILES string of the molecule is CC(C)NC(=O)C(=O)NCC1(c2ccc(F)cc2)CC1. The zero-order valence-electron chi connectivity index (χ0n) is 11.7. The Kier molecular flexibility index (Phi) is 4.06. The van der Waals surface area contributed by atoms with Crippen LogP contribution in [0.2, 0.25) is 0 Å². The maximum absolute atomic E-state index is 12.9. The Balaban J connectivity index is 1.92. The van der Waals surface area contributed by atoms with Crippen LogP contribution < -0.4 is 10.6 Å². The summed E-state index contributed by atoms with van der Waals surface area (Å²) >= 11 is 0. The van der Waals surface area contributed by atoms with E-state index < -0.39 is 11.8 Å². The third-order valence-electron chi connectivity index (χ3n) is 3.52. The summed E-state index contributed by atoms with van der Waals surface area (Å²) in [5.74, 6) is -1.51. The van der Waals surface area contributed by atoms with Crippen molar-refractivity contribution < 1.29 is 14.0 Å². The molecule has 0 atom stereocenters. The zero-order chi connectivity index (χ0) is 14.8. The minimum Gasteiger partial charge on any atom is -0.347 e. The van der Waals surface area contributed by atoms with Crippen LogP contribution in [0.4, 0.5) is 4.39 Å². The molecule has 1 saturated carbocycles. The van der Waals surface area contributed by atoms with Gasteiger partial charge in [-0.05, 0) is 44.4 Å². The van der Waals surface area contributed by atoms with E-state index in [0.29, 0.717) is 6.54 Å². The van der Waals surface area contributed by atoms with E-state index in [1.165, 1.54) is 12.1 Å². The van der Waals surface area contributed by atoms with Gasteiger partial charge in [-0.3, -0.25) is 9.59 Å². The molecule has 4 nitrogen and oxygen atoms in total. The molecular formula is C15H19FN2O2. The minimum absolute atomic E-state index is 0.0692. The summed E-state index contributed by atoms with van der Waals surface area (Å²) in [5.41, 5.74) is 0.866. The Morgan fingerprint density at radius 3 is 2.30 bits per heavy atom. The molecule has 0 unspecified atom stereocenters. The number of benzene rings is 1. The quantitative estimate of drug-likeness (QED) is 0.820. The van der Waals surface area contributed by atoms with E-state index >= 15 is 0 Å². The van der Waals surface area contributed by atoms with Gasteiger partial charge in [-0.1, -0.05) is 12.1 Å². The van der Waals surface area contributed by atoms with Crippen LogP contribution in [-0.4, -0.2) is 24.4 Å². The molecule has 0 bridgehead atoms. The number of rotatable bonds is 4. The fourth-order valence-electron chi connectivity index (χ4n) is 2.18. The first-order valence-electron chi connectivity index (χ1n) is 6.78. The summed E-state index contributed by atoms with van der Waals surface area (Å²) in [4.78, 5) is 23.2. The summed E-state index contributed by atoms with van der Waals surface area (Å²) in [7, 11) is 0. The smallest absolute Gasteiger partial charge is 0.309 e. The second kappa shape index (κ2) is 5.61. The van der Waals surface area contributed by atoms with Crippen LogP contribution in [0.15, 0.2) is 24.3 Å². The van der Waals surface area contributed by atoms with Crippen LogP contribution in [0.1, 0.15) is 32.3 Å². The van der Waals surface area contributed by atoms with Gasteiger partial charge in [-0.2, -0.15) is 0 Å². The third kappa shape index (κ3) is 3.35. The molecule has 2 rings (SSSR count). The lowest BCUT2D eigenvalue weighted by Crippen LogP contribution is -2.44. The van der Waals surface area contributed by atoms with E-state index in [1.807, 2.05) is 0 Å². The molecule has 20 heavy (non-hydrogen) atoms. The monoisotopic (exact) mass is 278 g/mol. The van der Waals surface area contributed by atoms with Gasteiger partial charge >= 0.3 is 11.8 Å². The highest BCUT2D eigenvalue weighted by molar-refractivity contribution is 6.35. The Bertz CT molecular complexity index is 507. The molecule has 2 N–H and O–H groups in total. The predicted molar refractivity (Wildman–Crippen MR) is 73.6 cm³/mol. The van der Waals surface area contributed by atoms with Gasteiger partial charge in [-0.25, -0.2) is 4.39 Å². The highest BCUT2D eigenvalue weighted by Crippen LogP contribution is 2.47. The topological polar surface area (TPSA) is 58.2 Å². The normalized spacial score (nSPS) is 15.8. The lowest BCUT2D eigenvalue weighted by molar-refractivity contribution is -0.139. The molecule has 0 radical (unpaired) electrons. The van der Waals surface area contributed by atoms with Crippen molar-refractivity contribution in [3.8, 4) is 0 Å². The Morgan fingerprint density at radius 1 is 1.20 bits per heavy atom. The highest BCUT2D eigenvalue weighted by atomic mass is 19.1. The van der Waals surface area contributed by atoms with E-state index in [-0.39, 0.29) is 17.3 Å². The first-order valence-corrected chi connectivity index (χ1v) is 6.78. The van der Waals surface area contributed by atoms with Gasteiger partial charge < -0.3 is 10.6 Å². The fourth-order valence-corrected chi connectivity index (χ4v) is 2.18. The first kappa shape index (κ1) is 14.5. The van der Waals surface area contributed by atoms with Crippen molar-refractivity contribution in [1.29, 1.82) is 0 Å². The van der Waals surface area contributed by atoms with E-state index in [9.17, 15) is 14.0 Å². The van der Waals surface area contributed by atoms with Crippen LogP contribution in [0.25, 0.3) is 0 Å². The number of hydrogen-bond acceptors (Lipinski definition) is 2. The van der Waals surface area contributed by atoms with Crippen molar-refractivity contribution in [2.75, 3.05) is 6.54 Å². The lowest BCUT2D eigenvalue weighted by atomic mass is 9.96. The summed E-state index contributed by atoms with van der Waals surface area (Å²) in [6.45, 7) is 4.00. The highest BCUT2D eigenvalue weighted by Gasteiger charge is 2.44. The molecule has 0 saturated heterocycles. The molecule has 1 aliphatic rings. The minimum atomic E-state index is -0.618. The molecule has 1 aliphatic carbocycles. The van der Waals surface area contributed by atoms with Crippen molar-refractivity contribution >= 4 is 11.8 Å². The Hall–Kier alpha value is -1.91. The number of carbonyl (C=O) groups excluding carboxylic acids is 2. The second-order valence-corrected chi connectivity index (χ2v) is 5.60. The van der Waals surface area contributed by atoms with Crippen LogP contribution in [0.3, 0.4) is 0 Å². The average Bonchev–Trinajstić information content (AvgIpc) is 3.17. The average molecular weight is 278 g/mol. The van der Waals surface area contributed by atoms with Crippen LogP contribution in [0.5, 0.6) is 0 Å². The molecule has 2 amide bonds. The largest absolute Gasteiger partial charge is 0.347 e. The van der Waals surface area contributed by atoms with Crippen LogP contribution in [-0.2, 0) is 15.0 Å². The van der Waals surface area contributed by atoms with Crippen molar-refractivity contribution in [1.82, 2.24) is 10.6 Å². The molecule has 0 aliphatic heterocycles. The van der Waals surface area contributed by atoms with Crippen molar-refractivity contribution in [3.05, 3.63) is 35.6 Å². The molecule has 1 aromatic rings. The van der Waals surface area contributed by atoms with Crippen molar-refractivity contribution in [2.24, 2.45) is 0 Å². The summed E-state index contributed by atoms with van der Waals surface area (Å²) in [6.07, 6.45) is 1.87. The molecular weight excluding hydrogens is 259 g/mol. The Labute approximate surface area is 117 Å². The van der Waals surface area contributed by atoms with E-state index in [0.717, 1.165) is 18.4 Å². The molecule has 5 heteroatoms. The van der Waals surface area contributed by atoms with Gasteiger partial charge in [-0.15, -0.1) is 0 Å². The number of nitrogens with one attached hydrogen (secondary N) is 2. The van der Waals surface area contributed by atoms with Crippen LogP contribution in [0, 0.1) is 5.82 Å². The van der Waals surface area contributed by atoms with E-state index in [2.05, 4.69) is 10.6 Å². The van der Waals surface area contributed by atoms with Gasteiger partial charge in [0.2, 0.25) is 0 Å². The first-order chi connectivity index (χ1) is 9.43. The molecule has 0 spiro atoms. The number of carbonyl (C=O) groups is 2. The van der Waals surface area contributed by atoms with Gasteiger partial charge in [0.15, 0.2) is 0 Å². The molecule has 1 fully saturated rings. The van der Waals surface area contributed by atoms with Crippen molar-refractivity contribution in [3.63, 3.8) is 0 Å². The van der Waals surface area contributed by atoms with Gasteiger partial charge in [0.1, 0.15) is 5.82 Å². The number of halogens is 1. The summed E-state index contributed by atoms with van der Waals surface area (Å²) < 4.78 is 12.9. The summed E-state index contributed by atoms with van der Waals surface area (Å²) in [5, 5.41) is 5.20. The summed E-state index contributed by atoms with van der Waals surface area (Å²) in [6, 6.07) is 6.25. The zero-order valence-corrected chi connectivity index (χ0v) is 11.7. The van der Waals surface area contributed by atoms with Crippen LogP contribution >= 0.6 is 0 Å². The predicted octanol–water partition coefficient (Wildman–Crippen LogP) is 1.50. The second-order valence-electron chi connectivity index (χ2n) is 5.60. The fraction of sp³-hybridized carbons (Fsp3) is 0.467. The standard InChI is InChI=1S/C15H19FN2O2/c1-10(2)18-14(20)13(19)17-9-15(7-8-15)11-3-5-12(16)6-4-11/h3-6,10H,7-9H2,1-2H3,(H,17,19)(H,18,20). The number of amides is 2. The molecule has 0 heterocycles. The van der Waals surface area contributed by atoms with E-state index in [1.54, 1.807) is 26.0 Å². The van der Waals surface area contributed by atoms with Crippen molar-refractivity contribution in [2.45, 2.75) is 38.1 Å². The molecule has 108 valence electrons. The van der Waals surface area contributed by atoms with Gasteiger partial charge in [0, 0.05) is 18.0 Å². The maximum atomic E-state index is 12.9. The number of hydrogen-bond donors (Lipinski definition) is 2. The van der Waals surface area contributed by atoms with Gasteiger partial charge in [0.05, 0.1) is 0 Å².